The van der Waals surface area contributed by atoms with Gasteiger partial charge >= 0.3 is 0 Å². The SMILES string of the molecule is COc1cc(OC)cc(OCC(=O)Nc2ccc(Cl)cc2Cl)c1. The number of nitrogens with one attached hydrogen (secondary N) is 1. The quantitative estimate of drug-likeness (QED) is 0.849. The summed E-state index contributed by atoms with van der Waals surface area (Å²) in [4.78, 5) is 11.9. The number of halogens is 2. The van der Waals surface area contributed by atoms with Crippen LogP contribution in [0.25, 0.3) is 0 Å². The Morgan fingerprint density at radius 1 is 1.00 bits per heavy atom. The van der Waals surface area contributed by atoms with Gasteiger partial charge in [-0.25, -0.2) is 0 Å². The number of anilines is 1. The first-order valence-corrected chi connectivity index (χ1v) is 7.38. The van der Waals surface area contributed by atoms with Crippen LogP contribution in [0.3, 0.4) is 0 Å². The summed E-state index contributed by atoms with van der Waals surface area (Å²) in [6, 6.07) is 9.83. The molecule has 2 rings (SSSR count). The van der Waals surface area contributed by atoms with Crippen molar-refractivity contribution in [1.29, 1.82) is 0 Å². The molecule has 0 heterocycles. The van der Waals surface area contributed by atoms with Crippen LogP contribution in [0.1, 0.15) is 0 Å². The number of carbonyl (C=O) groups excluding carboxylic acids is 1. The Morgan fingerprint density at radius 3 is 2.17 bits per heavy atom. The molecule has 0 aliphatic carbocycles. The molecule has 0 atom stereocenters. The molecule has 0 spiro atoms. The van der Waals surface area contributed by atoms with Gasteiger partial charge in [-0.05, 0) is 18.2 Å². The monoisotopic (exact) mass is 355 g/mol. The normalized spacial score (nSPS) is 10.1. The van der Waals surface area contributed by atoms with Crippen molar-refractivity contribution < 1.29 is 19.0 Å². The van der Waals surface area contributed by atoms with E-state index in [2.05, 4.69) is 5.32 Å². The van der Waals surface area contributed by atoms with Crippen LogP contribution in [0.2, 0.25) is 10.0 Å². The van der Waals surface area contributed by atoms with Crippen molar-refractivity contribution in [2.24, 2.45) is 0 Å². The number of ether oxygens (including phenoxy) is 3. The second-order valence-electron chi connectivity index (χ2n) is 4.51. The Balaban J connectivity index is 1.99. The molecule has 1 amide bonds. The zero-order chi connectivity index (χ0) is 16.8. The maximum absolute atomic E-state index is 11.9. The van der Waals surface area contributed by atoms with Gasteiger partial charge in [0.25, 0.3) is 5.91 Å². The van der Waals surface area contributed by atoms with Gasteiger partial charge in [-0.3, -0.25) is 4.79 Å². The molecule has 5 nitrogen and oxygen atoms in total. The third kappa shape index (κ3) is 4.94. The van der Waals surface area contributed by atoms with Crippen molar-refractivity contribution in [3.63, 3.8) is 0 Å². The first-order chi connectivity index (χ1) is 11.0. The summed E-state index contributed by atoms with van der Waals surface area (Å²) in [5, 5.41) is 3.50. The van der Waals surface area contributed by atoms with Crippen molar-refractivity contribution in [1.82, 2.24) is 0 Å². The molecule has 0 aliphatic rings. The largest absolute Gasteiger partial charge is 0.496 e. The summed E-state index contributed by atoms with van der Waals surface area (Å²) < 4.78 is 15.7. The predicted molar refractivity (Wildman–Crippen MR) is 90.1 cm³/mol. The molecule has 1 N–H and O–H groups in total. The molecule has 7 heteroatoms. The van der Waals surface area contributed by atoms with Gasteiger partial charge < -0.3 is 19.5 Å². The lowest BCUT2D eigenvalue weighted by Gasteiger charge is -2.11. The number of hydrogen-bond donors (Lipinski definition) is 1. The zero-order valence-corrected chi connectivity index (χ0v) is 14.1. The molecule has 2 aromatic carbocycles. The van der Waals surface area contributed by atoms with Crippen LogP contribution in [0, 0.1) is 0 Å². The van der Waals surface area contributed by atoms with Crippen molar-refractivity contribution in [2.45, 2.75) is 0 Å². The summed E-state index contributed by atoms with van der Waals surface area (Å²) in [7, 11) is 3.07. The van der Waals surface area contributed by atoms with Crippen LogP contribution in [-0.4, -0.2) is 26.7 Å². The predicted octanol–water partition coefficient (Wildman–Crippen LogP) is 4.03. The molecule has 0 fully saturated rings. The van der Waals surface area contributed by atoms with Crippen LogP contribution >= 0.6 is 23.2 Å². The second kappa shape index (κ2) is 7.94. The number of methoxy groups -OCH3 is 2. The molecular weight excluding hydrogens is 341 g/mol. The summed E-state index contributed by atoms with van der Waals surface area (Å²) >= 11 is 11.8. The Hall–Kier alpha value is -2.11. The number of hydrogen-bond acceptors (Lipinski definition) is 4. The molecular formula is C16H15Cl2NO4. The van der Waals surface area contributed by atoms with Crippen molar-refractivity contribution in [2.75, 3.05) is 26.1 Å². The zero-order valence-electron chi connectivity index (χ0n) is 12.6. The van der Waals surface area contributed by atoms with Gasteiger partial charge in [-0.1, -0.05) is 23.2 Å². The van der Waals surface area contributed by atoms with Crippen molar-refractivity contribution in [3.8, 4) is 17.2 Å². The average molecular weight is 356 g/mol. The first-order valence-electron chi connectivity index (χ1n) is 6.62. The maximum atomic E-state index is 11.9. The van der Waals surface area contributed by atoms with Crippen molar-refractivity contribution in [3.05, 3.63) is 46.4 Å². The minimum Gasteiger partial charge on any atom is -0.496 e. The van der Waals surface area contributed by atoms with E-state index in [0.717, 1.165) is 0 Å². The van der Waals surface area contributed by atoms with E-state index in [4.69, 9.17) is 37.4 Å². The van der Waals surface area contributed by atoms with Gasteiger partial charge in [-0.15, -0.1) is 0 Å². The van der Waals surface area contributed by atoms with Gasteiger partial charge in [0.15, 0.2) is 6.61 Å². The van der Waals surface area contributed by atoms with E-state index >= 15 is 0 Å². The van der Waals surface area contributed by atoms with E-state index in [0.29, 0.717) is 33.0 Å². The highest BCUT2D eigenvalue weighted by Gasteiger charge is 2.09. The second-order valence-corrected chi connectivity index (χ2v) is 5.35. The van der Waals surface area contributed by atoms with Gasteiger partial charge in [0, 0.05) is 23.2 Å². The van der Waals surface area contributed by atoms with Gasteiger partial charge in [-0.2, -0.15) is 0 Å². The Bertz CT molecular complexity index is 684. The molecule has 0 radical (unpaired) electrons. The number of amides is 1. The lowest BCUT2D eigenvalue weighted by Crippen LogP contribution is -2.20. The van der Waals surface area contributed by atoms with E-state index in [9.17, 15) is 4.79 Å². The van der Waals surface area contributed by atoms with Crippen LogP contribution < -0.4 is 19.5 Å². The third-order valence-corrected chi connectivity index (χ3v) is 3.45. The van der Waals surface area contributed by atoms with Crippen LogP contribution in [0.15, 0.2) is 36.4 Å². The Morgan fingerprint density at radius 2 is 1.61 bits per heavy atom. The van der Waals surface area contributed by atoms with E-state index in [1.165, 1.54) is 14.2 Å². The lowest BCUT2D eigenvalue weighted by atomic mass is 10.3. The van der Waals surface area contributed by atoms with Gasteiger partial charge in [0.05, 0.1) is 24.9 Å². The molecule has 0 saturated heterocycles. The van der Waals surface area contributed by atoms with E-state index in [1.54, 1.807) is 36.4 Å². The van der Waals surface area contributed by atoms with Gasteiger partial charge in [0.2, 0.25) is 0 Å². The van der Waals surface area contributed by atoms with Crippen LogP contribution in [0.5, 0.6) is 17.2 Å². The molecule has 122 valence electrons. The third-order valence-electron chi connectivity index (χ3n) is 2.90. The summed E-state index contributed by atoms with van der Waals surface area (Å²) in [5.74, 6) is 1.25. The highest BCUT2D eigenvalue weighted by molar-refractivity contribution is 6.36. The van der Waals surface area contributed by atoms with E-state index in [1.807, 2.05) is 0 Å². The molecule has 0 unspecified atom stereocenters. The van der Waals surface area contributed by atoms with Crippen molar-refractivity contribution >= 4 is 34.8 Å². The average Bonchev–Trinajstić information content (AvgIpc) is 2.55. The number of benzene rings is 2. The minimum absolute atomic E-state index is 0.185. The summed E-state index contributed by atoms with van der Waals surface area (Å²) in [5.41, 5.74) is 0.466. The smallest absolute Gasteiger partial charge is 0.262 e. The Kier molecular flexibility index (Phi) is 5.96. The Labute approximate surface area is 144 Å². The highest BCUT2D eigenvalue weighted by Crippen LogP contribution is 2.28. The maximum Gasteiger partial charge on any atom is 0.262 e. The minimum atomic E-state index is -0.351. The fraction of sp³-hybridized carbons (Fsp3) is 0.188. The number of rotatable bonds is 6. The first kappa shape index (κ1) is 17.2. The standard InChI is InChI=1S/C16H15Cl2NO4/c1-21-11-6-12(22-2)8-13(7-11)23-9-16(20)19-15-4-3-10(17)5-14(15)18/h3-8H,9H2,1-2H3,(H,19,20). The summed E-state index contributed by atoms with van der Waals surface area (Å²) in [6.45, 7) is -0.185. The van der Waals surface area contributed by atoms with E-state index < -0.39 is 0 Å². The molecule has 23 heavy (non-hydrogen) atoms. The number of carbonyl (C=O) groups is 1. The molecule has 0 bridgehead atoms. The molecule has 0 aliphatic heterocycles. The van der Waals surface area contributed by atoms with Gasteiger partial charge in [0.1, 0.15) is 17.2 Å². The molecule has 2 aromatic rings. The topological polar surface area (TPSA) is 56.8 Å². The fourth-order valence-electron chi connectivity index (χ4n) is 1.79. The van der Waals surface area contributed by atoms with Crippen LogP contribution in [-0.2, 0) is 4.79 Å². The highest BCUT2D eigenvalue weighted by atomic mass is 35.5. The molecule has 0 saturated carbocycles. The summed E-state index contributed by atoms with van der Waals surface area (Å²) in [6.07, 6.45) is 0. The molecule has 0 aromatic heterocycles. The fourth-order valence-corrected chi connectivity index (χ4v) is 2.25. The van der Waals surface area contributed by atoms with Crippen LogP contribution in [0.4, 0.5) is 5.69 Å². The lowest BCUT2D eigenvalue weighted by molar-refractivity contribution is -0.118. The van der Waals surface area contributed by atoms with E-state index in [-0.39, 0.29) is 12.5 Å².